The average molecular weight is 571 g/mol. The van der Waals surface area contributed by atoms with Crippen molar-refractivity contribution in [2.75, 3.05) is 31.0 Å². The van der Waals surface area contributed by atoms with Crippen LogP contribution in [0.4, 0.5) is 11.6 Å². The zero-order chi connectivity index (χ0) is 26.4. The smallest absolute Gasteiger partial charge is 0.255 e. The van der Waals surface area contributed by atoms with E-state index in [0.717, 1.165) is 24.8 Å². The van der Waals surface area contributed by atoms with Crippen molar-refractivity contribution >= 4 is 33.5 Å². The Hall–Kier alpha value is -3.60. The highest BCUT2D eigenvalue weighted by Crippen LogP contribution is 2.43. The maximum absolute atomic E-state index is 13.7. The molecule has 1 aromatic heterocycles. The van der Waals surface area contributed by atoms with Gasteiger partial charge >= 0.3 is 0 Å². The number of aromatic nitrogens is 4. The number of nitrogens with one attached hydrogen (secondary N) is 2. The normalized spacial score (nSPS) is 14.6. The predicted molar refractivity (Wildman–Crippen MR) is 144 cm³/mol. The second-order valence-electron chi connectivity index (χ2n) is 8.49. The molecule has 0 saturated carbocycles. The number of allylic oxidation sites excluding steroid dienone is 1. The number of amides is 1. The van der Waals surface area contributed by atoms with Crippen molar-refractivity contribution in [3.63, 3.8) is 0 Å². The number of unbranched alkanes of at least 4 members (excludes halogenated alkanes) is 2. The summed E-state index contributed by atoms with van der Waals surface area (Å²) in [6.07, 6.45) is 3.14. The lowest BCUT2D eigenvalue weighted by Crippen LogP contribution is -2.31. The van der Waals surface area contributed by atoms with Crippen molar-refractivity contribution in [1.29, 1.82) is 0 Å². The van der Waals surface area contributed by atoms with Crippen molar-refractivity contribution < 1.29 is 19.0 Å². The number of ether oxygens (including phenoxy) is 3. The number of methoxy groups -OCH3 is 1. The largest absolute Gasteiger partial charge is 0.493 e. The predicted octanol–water partition coefficient (Wildman–Crippen LogP) is 5.34. The zero-order valence-electron chi connectivity index (χ0n) is 21.4. The summed E-state index contributed by atoms with van der Waals surface area (Å²) in [6, 6.07) is 10.5. The minimum absolute atomic E-state index is 0.307. The van der Waals surface area contributed by atoms with Gasteiger partial charge in [0.1, 0.15) is 11.8 Å². The van der Waals surface area contributed by atoms with Crippen LogP contribution < -0.4 is 24.8 Å². The summed E-state index contributed by atoms with van der Waals surface area (Å²) in [4.78, 5) is 13.7. The molecule has 4 rings (SSSR count). The highest BCUT2D eigenvalue weighted by Gasteiger charge is 2.35. The molecule has 2 N–H and O–H groups in total. The van der Waals surface area contributed by atoms with Crippen molar-refractivity contribution in [3.8, 4) is 17.2 Å². The number of anilines is 2. The first-order valence-electron chi connectivity index (χ1n) is 12.3. The second-order valence-corrected chi connectivity index (χ2v) is 9.34. The molecule has 1 unspecified atom stereocenters. The second kappa shape index (κ2) is 12.1. The first-order valence-corrected chi connectivity index (χ1v) is 13.1. The molecule has 1 aliphatic rings. The number of para-hydroxylation sites is 2. The zero-order valence-corrected chi connectivity index (χ0v) is 23.0. The van der Waals surface area contributed by atoms with Crippen LogP contribution in [0, 0.1) is 0 Å². The number of nitrogens with zero attached hydrogens (tertiary/aromatic N) is 4. The summed E-state index contributed by atoms with van der Waals surface area (Å²) in [5.74, 6) is 1.88. The van der Waals surface area contributed by atoms with E-state index in [-0.39, 0.29) is 5.91 Å². The van der Waals surface area contributed by atoms with Crippen LogP contribution in [-0.2, 0) is 4.79 Å². The molecule has 1 amide bonds. The first kappa shape index (κ1) is 26.5. The third-order valence-electron chi connectivity index (χ3n) is 5.96. The lowest BCUT2D eigenvalue weighted by Gasteiger charge is -2.29. The van der Waals surface area contributed by atoms with E-state index in [0.29, 0.717) is 57.8 Å². The van der Waals surface area contributed by atoms with Gasteiger partial charge in [-0.05, 0) is 76.5 Å². The van der Waals surface area contributed by atoms with Crippen molar-refractivity contribution in [2.24, 2.45) is 0 Å². The first-order chi connectivity index (χ1) is 18.0. The van der Waals surface area contributed by atoms with E-state index in [2.05, 4.69) is 49.0 Å². The molecule has 37 heavy (non-hydrogen) atoms. The summed E-state index contributed by atoms with van der Waals surface area (Å²) in [6.45, 7) is 6.93. The minimum atomic E-state index is -0.621. The molecule has 0 fully saturated rings. The molecule has 0 aliphatic carbocycles. The number of rotatable bonds is 11. The fraction of sp³-hybridized carbons (Fsp3) is 0.385. The fourth-order valence-electron chi connectivity index (χ4n) is 4.22. The maximum atomic E-state index is 13.7. The SMILES string of the molecule is CCCCCOc1c(Br)cc(C2C(C(=O)Nc3ccccc3OCC)=C(C)Nc3nnnn32)cc1OC. The van der Waals surface area contributed by atoms with Crippen molar-refractivity contribution in [2.45, 2.75) is 46.1 Å². The third kappa shape index (κ3) is 5.71. The Labute approximate surface area is 224 Å². The van der Waals surface area contributed by atoms with Gasteiger partial charge in [0.05, 0.1) is 36.1 Å². The van der Waals surface area contributed by atoms with Crippen LogP contribution in [0.5, 0.6) is 17.2 Å². The molecule has 0 bridgehead atoms. The standard InChI is InChI=1S/C26H31BrN6O4/c1-5-7-10-13-37-24-18(27)14-17(15-21(24)35-4)23-22(16(3)28-26-30-31-32-33(23)26)25(34)29-19-11-8-9-12-20(19)36-6-2/h8-9,11-12,14-15,23H,5-7,10,13H2,1-4H3,(H,29,34)(H,28,30,32). The van der Waals surface area contributed by atoms with E-state index in [1.54, 1.807) is 17.9 Å². The molecule has 196 valence electrons. The molecular formula is C26H31BrN6O4. The molecular weight excluding hydrogens is 540 g/mol. The summed E-state index contributed by atoms with van der Waals surface area (Å²) >= 11 is 3.64. The van der Waals surface area contributed by atoms with Crippen LogP contribution >= 0.6 is 15.9 Å². The average Bonchev–Trinajstić information content (AvgIpc) is 3.35. The monoisotopic (exact) mass is 570 g/mol. The number of benzene rings is 2. The number of fused-ring (bicyclic) bond motifs is 1. The molecule has 0 radical (unpaired) electrons. The van der Waals surface area contributed by atoms with E-state index < -0.39 is 6.04 Å². The lowest BCUT2D eigenvalue weighted by atomic mass is 9.94. The van der Waals surface area contributed by atoms with Gasteiger partial charge in [-0.1, -0.05) is 37.0 Å². The number of carbonyl (C=O) groups is 1. The fourth-order valence-corrected chi connectivity index (χ4v) is 4.79. The number of carbonyl (C=O) groups excluding carboxylic acids is 1. The van der Waals surface area contributed by atoms with Crippen LogP contribution in [0.25, 0.3) is 0 Å². The Morgan fingerprint density at radius 1 is 1.16 bits per heavy atom. The van der Waals surface area contributed by atoms with Gasteiger partial charge < -0.3 is 24.8 Å². The van der Waals surface area contributed by atoms with Gasteiger partial charge in [0.15, 0.2) is 11.5 Å². The molecule has 3 aromatic rings. The number of halogens is 1. The Kier molecular flexibility index (Phi) is 8.65. The Balaban J connectivity index is 1.72. The van der Waals surface area contributed by atoms with Crippen LogP contribution in [0.1, 0.15) is 51.6 Å². The van der Waals surface area contributed by atoms with Gasteiger partial charge in [0, 0.05) is 5.70 Å². The third-order valence-corrected chi connectivity index (χ3v) is 6.54. The van der Waals surface area contributed by atoms with Gasteiger partial charge in [-0.3, -0.25) is 4.79 Å². The molecule has 0 saturated heterocycles. The van der Waals surface area contributed by atoms with Crippen LogP contribution in [-0.4, -0.2) is 46.4 Å². The van der Waals surface area contributed by atoms with E-state index >= 15 is 0 Å². The van der Waals surface area contributed by atoms with Crippen LogP contribution in [0.2, 0.25) is 0 Å². The summed E-state index contributed by atoms with van der Waals surface area (Å²) in [5.41, 5.74) is 2.41. The molecule has 0 spiro atoms. The van der Waals surface area contributed by atoms with E-state index in [4.69, 9.17) is 14.2 Å². The number of hydrogen-bond acceptors (Lipinski definition) is 8. The molecule has 2 aromatic carbocycles. The van der Waals surface area contributed by atoms with Gasteiger partial charge in [0.25, 0.3) is 5.91 Å². The topological polar surface area (TPSA) is 112 Å². The van der Waals surface area contributed by atoms with Gasteiger partial charge in [-0.15, -0.1) is 0 Å². The van der Waals surface area contributed by atoms with E-state index in [1.165, 1.54) is 0 Å². The summed E-state index contributed by atoms with van der Waals surface area (Å²) in [5, 5.41) is 18.2. The van der Waals surface area contributed by atoms with Crippen LogP contribution in [0.15, 0.2) is 52.1 Å². The lowest BCUT2D eigenvalue weighted by molar-refractivity contribution is -0.113. The quantitative estimate of drug-likeness (QED) is 0.297. The Bertz CT molecular complexity index is 1290. The van der Waals surface area contributed by atoms with Gasteiger partial charge in [-0.2, -0.15) is 4.68 Å². The van der Waals surface area contributed by atoms with E-state index in [1.807, 2.05) is 44.2 Å². The van der Waals surface area contributed by atoms with E-state index in [9.17, 15) is 4.79 Å². The number of hydrogen-bond donors (Lipinski definition) is 2. The van der Waals surface area contributed by atoms with Crippen molar-refractivity contribution in [3.05, 3.63) is 57.7 Å². The number of tetrazole rings is 1. The maximum Gasteiger partial charge on any atom is 0.255 e. The minimum Gasteiger partial charge on any atom is -0.493 e. The molecule has 1 aliphatic heterocycles. The molecule has 2 heterocycles. The Morgan fingerprint density at radius 3 is 2.73 bits per heavy atom. The van der Waals surface area contributed by atoms with Crippen LogP contribution in [0.3, 0.4) is 0 Å². The highest BCUT2D eigenvalue weighted by molar-refractivity contribution is 9.10. The van der Waals surface area contributed by atoms with Gasteiger partial charge in [0.2, 0.25) is 5.95 Å². The highest BCUT2D eigenvalue weighted by atomic mass is 79.9. The molecule has 10 nitrogen and oxygen atoms in total. The molecule has 11 heteroatoms. The molecule has 1 atom stereocenters. The summed E-state index contributed by atoms with van der Waals surface area (Å²) < 4.78 is 19.7. The van der Waals surface area contributed by atoms with Gasteiger partial charge in [-0.25, -0.2) is 0 Å². The summed E-state index contributed by atoms with van der Waals surface area (Å²) in [7, 11) is 1.59. The van der Waals surface area contributed by atoms with Crippen molar-refractivity contribution in [1.82, 2.24) is 20.2 Å². The Morgan fingerprint density at radius 2 is 1.97 bits per heavy atom.